The molecule has 1 aromatic carbocycles. The molecule has 118 valence electrons. The molecular weight excluding hydrogens is 298 g/mol. The van der Waals surface area contributed by atoms with Crippen LogP contribution in [0.5, 0.6) is 5.75 Å². The summed E-state index contributed by atoms with van der Waals surface area (Å²) in [4.78, 5) is 16.4. The first kappa shape index (κ1) is 16.5. The van der Waals surface area contributed by atoms with Gasteiger partial charge in [-0.05, 0) is 26.5 Å². The number of nitrogens with one attached hydrogen (secondary N) is 1. The number of amides is 1. The van der Waals surface area contributed by atoms with Crippen molar-refractivity contribution >= 4 is 17.2 Å². The average Bonchev–Trinajstić information content (AvgIpc) is 2.94. The Hall–Kier alpha value is -1.92. The molecule has 0 aliphatic rings. The van der Waals surface area contributed by atoms with E-state index in [0.29, 0.717) is 25.2 Å². The van der Waals surface area contributed by atoms with Crippen LogP contribution >= 0.6 is 11.3 Å². The number of hydrogen-bond acceptors (Lipinski definition) is 5. The number of carbonyl (C=O) groups excluding carboxylic acids is 1. The van der Waals surface area contributed by atoms with E-state index in [9.17, 15) is 4.79 Å². The first-order chi connectivity index (χ1) is 10.6. The third kappa shape index (κ3) is 4.54. The molecule has 1 aromatic heterocycles. The normalized spacial score (nSPS) is 10.7. The fourth-order valence-corrected chi connectivity index (χ4v) is 2.73. The second kappa shape index (κ2) is 7.91. The fraction of sp³-hybridized carbons (Fsp3) is 0.375. The standard InChI is InChI=1S/C16H21N3O2S/c1-11(2)21-14-6-4-3-5-12(14)9-18-16(20)13-10-22-15(19-13)7-8-17/h3-6,10-11H,7-9,17H2,1-2H3,(H,18,20). The number of carbonyl (C=O) groups is 1. The van der Waals surface area contributed by atoms with Gasteiger partial charge in [0.2, 0.25) is 0 Å². The number of hydrogen-bond donors (Lipinski definition) is 2. The molecule has 0 saturated carbocycles. The zero-order valence-electron chi connectivity index (χ0n) is 12.8. The highest BCUT2D eigenvalue weighted by Crippen LogP contribution is 2.19. The van der Waals surface area contributed by atoms with Crippen LogP contribution in [0.3, 0.4) is 0 Å². The molecule has 0 radical (unpaired) electrons. The predicted molar refractivity (Wildman–Crippen MR) is 88.2 cm³/mol. The second-order valence-corrected chi connectivity index (χ2v) is 6.06. The molecule has 1 heterocycles. The Balaban J connectivity index is 1.98. The molecule has 6 heteroatoms. The Morgan fingerprint density at radius 1 is 1.41 bits per heavy atom. The quantitative estimate of drug-likeness (QED) is 0.821. The number of nitrogens with zero attached hydrogens (tertiary/aromatic N) is 1. The first-order valence-electron chi connectivity index (χ1n) is 7.27. The number of thiazole rings is 1. The van der Waals surface area contributed by atoms with E-state index in [4.69, 9.17) is 10.5 Å². The summed E-state index contributed by atoms with van der Waals surface area (Å²) >= 11 is 1.46. The Morgan fingerprint density at radius 2 is 2.18 bits per heavy atom. The van der Waals surface area contributed by atoms with Gasteiger partial charge in [0.1, 0.15) is 11.4 Å². The number of rotatable bonds is 7. The molecule has 0 aliphatic heterocycles. The topological polar surface area (TPSA) is 77.2 Å². The van der Waals surface area contributed by atoms with E-state index in [1.807, 2.05) is 38.1 Å². The third-order valence-corrected chi connectivity index (χ3v) is 3.83. The van der Waals surface area contributed by atoms with Crippen molar-refractivity contribution in [1.29, 1.82) is 0 Å². The lowest BCUT2D eigenvalue weighted by Gasteiger charge is -2.14. The molecule has 0 fully saturated rings. The highest BCUT2D eigenvalue weighted by molar-refractivity contribution is 7.09. The number of nitrogens with two attached hydrogens (primary N) is 1. The lowest BCUT2D eigenvalue weighted by Crippen LogP contribution is -2.23. The number of benzene rings is 1. The van der Waals surface area contributed by atoms with Crippen molar-refractivity contribution in [3.8, 4) is 5.75 Å². The lowest BCUT2D eigenvalue weighted by atomic mass is 10.2. The zero-order valence-corrected chi connectivity index (χ0v) is 13.7. The van der Waals surface area contributed by atoms with Crippen LogP contribution in [0.4, 0.5) is 0 Å². The summed E-state index contributed by atoms with van der Waals surface area (Å²) in [5, 5.41) is 5.52. The summed E-state index contributed by atoms with van der Waals surface area (Å²) in [6.07, 6.45) is 0.789. The Labute approximate surface area is 134 Å². The minimum atomic E-state index is -0.182. The summed E-state index contributed by atoms with van der Waals surface area (Å²) < 4.78 is 5.74. The number of aromatic nitrogens is 1. The fourth-order valence-electron chi connectivity index (χ4n) is 1.94. The largest absolute Gasteiger partial charge is 0.491 e. The Morgan fingerprint density at radius 3 is 2.91 bits per heavy atom. The van der Waals surface area contributed by atoms with Gasteiger partial charge in [0.15, 0.2) is 0 Å². The molecular formula is C16H21N3O2S. The van der Waals surface area contributed by atoms with Crippen LogP contribution in [-0.2, 0) is 13.0 Å². The maximum atomic E-state index is 12.1. The summed E-state index contributed by atoms with van der Waals surface area (Å²) in [5.41, 5.74) is 6.88. The van der Waals surface area contributed by atoms with Gasteiger partial charge in [0.05, 0.1) is 11.1 Å². The number of ether oxygens (including phenoxy) is 1. The molecule has 2 rings (SSSR count). The first-order valence-corrected chi connectivity index (χ1v) is 8.15. The van der Waals surface area contributed by atoms with Gasteiger partial charge in [0, 0.05) is 23.9 Å². The van der Waals surface area contributed by atoms with Crippen LogP contribution in [0.15, 0.2) is 29.6 Å². The predicted octanol–water partition coefficient (Wildman–Crippen LogP) is 2.36. The monoisotopic (exact) mass is 319 g/mol. The minimum Gasteiger partial charge on any atom is -0.491 e. The maximum absolute atomic E-state index is 12.1. The maximum Gasteiger partial charge on any atom is 0.271 e. The average molecular weight is 319 g/mol. The molecule has 0 spiro atoms. The van der Waals surface area contributed by atoms with Crippen LogP contribution in [0, 0.1) is 0 Å². The Bertz CT molecular complexity index is 625. The molecule has 1 amide bonds. The highest BCUT2D eigenvalue weighted by Gasteiger charge is 2.12. The van der Waals surface area contributed by atoms with E-state index in [0.717, 1.165) is 16.3 Å². The molecule has 0 aliphatic carbocycles. The van der Waals surface area contributed by atoms with Crippen molar-refractivity contribution < 1.29 is 9.53 Å². The van der Waals surface area contributed by atoms with E-state index in [2.05, 4.69) is 10.3 Å². The molecule has 22 heavy (non-hydrogen) atoms. The van der Waals surface area contributed by atoms with E-state index >= 15 is 0 Å². The van der Waals surface area contributed by atoms with Crippen molar-refractivity contribution in [2.75, 3.05) is 6.54 Å². The lowest BCUT2D eigenvalue weighted by molar-refractivity contribution is 0.0946. The summed E-state index contributed by atoms with van der Waals surface area (Å²) in [6, 6.07) is 7.70. The molecule has 0 atom stereocenters. The van der Waals surface area contributed by atoms with Crippen LogP contribution < -0.4 is 15.8 Å². The van der Waals surface area contributed by atoms with Crippen LogP contribution in [0.25, 0.3) is 0 Å². The van der Waals surface area contributed by atoms with Gasteiger partial charge in [-0.1, -0.05) is 18.2 Å². The summed E-state index contributed by atoms with van der Waals surface area (Å²) in [5.74, 6) is 0.610. The van der Waals surface area contributed by atoms with E-state index in [1.165, 1.54) is 11.3 Å². The van der Waals surface area contributed by atoms with Gasteiger partial charge in [-0.3, -0.25) is 4.79 Å². The van der Waals surface area contributed by atoms with Crippen molar-refractivity contribution in [2.45, 2.75) is 32.9 Å². The van der Waals surface area contributed by atoms with Gasteiger partial charge in [0.25, 0.3) is 5.91 Å². The van der Waals surface area contributed by atoms with E-state index in [1.54, 1.807) is 5.38 Å². The minimum absolute atomic E-state index is 0.0919. The zero-order chi connectivity index (χ0) is 15.9. The van der Waals surface area contributed by atoms with Crippen LogP contribution in [0.1, 0.15) is 34.9 Å². The van der Waals surface area contributed by atoms with Crippen molar-refractivity contribution in [2.24, 2.45) is 5.73 Å². The number of para-hydroxylation sites is 1. The molecule has 5 nitrogen and oxygen atoms in total. The molecule has 2 aromatic rings. The second-order valence-electron chi connectivity index (χ2n) is 5.12. The molecule has 3 N–H and O–H groups in total. The smallest absolute Gasteiger partial charge is 0.271 e. The third-order valence-electron chi connectivity index (χ3n) is 2.92. The van der Waals surface area contributed by atoms with Crippen molar-refractivity contribution in [1.82, 2.24) is 10.3 Å². The Kier molecular flexibility index (Phi) is 5.91. The van der Waals surface area contributed by atoms with Gasteiger partial charge in [-0.15, -0.1) is 11.3 Å². The van der Waals surface area contributed by atoms with Crippen molar-refractivity contribution in [3.63, 3.8) is 0 Å². The molecule has 0 bridgehead atoms. The SMILES string of the molecule is CC(C)Oc1ccccc1CNC(=O)c1csc(CCN)n1. The molecule has 0 unspecified atom stereocenters. The van der Waals surface area contributed by atoms with Gasteiger partial charge in [-0.2, -0.15) is 0 Å². The van der Waals surface area contributed by atoms with Gasteiger partial charge >= 0.3 is 0 Å². The van der Waals surface area contributed by atoms with Crippen LogP contribution in [0.2, 0.25) is 0 Å². The summed E-state index contributed by atoms with van der Waals surface area (Å²) in [6.45, 7) is 4.90. The van der Waals surface area contributed by atoms with Crippen molar-refractivity contribution in [3.05, 3.63) is 45.9 Å². The molecule has 0 saturated heterocycles. The van der Waals surface area contributed by atoms with Gasteiger partial charge < -0.3 is 15.8 Å². The van der Waals surface area contributed by atoms with Gasteiger partial charge in [-0.25, -0.2) is 4.98 Å². The van der Waals surface area contributed by atoms with E-state index < -0.39 is 0 Å². The highest BCUT2D eigenvalue weighted by atomic mass is 32.1. The van der Waals surface area contributed by atoms with Crippen LogP contribution in [-0.4, -0.2) is 23.5 Å². The summed E-state index contributed by atoms with van der Waals surface area (Å²) in [7, 11) is 0. The van der Waals surface area contributed by atoms with E-state index in [-0.39, 0.29) is 12.0 Å².